The smallest absolute Gasteiger partial charge is 0.260 e. The molecule has 0 radical (unpaired) electrons. The molecule has 1 aliphatic heterocycles. The van der Waals surface area contributed by atoms with Crippen molar-refractivity contribution >= 4 is 5.91 Å². The van der Waals surface area contributed by atoms with Crippen molar-refractivity contribution < 1.29 is 23.4 Å². The maximum atomic E-state index is 13.3. The molecule has 1 N–H and O–H groups in total. The molecule has 1 amide bonds. The number of benzene rings is 1. The molecule has 0 spiro atoms. The van der Waals surface area contributed by atoms with Gasteiger partial charge in [0, 0.05) is 12.6 Å². The number of halogens is 2. The third-order valence-electron chi connectivity index (χ3n) is 3.15. The highest BCUT2D eigenvalue weighted by molar-refractivity contribution is 5.78. The molecule has 1 aliphatic rings. The van der Waals surface area contributed by atoms with Gasteiger partial charge in [0.05, 0.1) is 12.6 Å². The van der Waals surface area contributed by atoms with Crippen LogP contribution in [0.25, 0.3) is 0 Å². The fourth-order valence-corrected chi connectivity index (χ4v) is 2.17. The number of carbonyl (C=O) groups excluding carboxylic acids is 1. The molecule has 0 bridgehead atoms. The largest absolute Gasteiger partial charge is 0.481 e. The minimum Gasteiger partial charge on any atom is -0.481 e. The lowest BCUT2D eigenvalue weighted by molar-refractivity contribution is -0.134. The number of aliphatic hydroxyl groups is 1. The minimum atomic E-state index is -0.840. The van der Waals surface area contributed by atoms with Crippen LogP contribution in [0.15, 0.2) is 18.2 Å². The molecule has 19 heavy (non-hydrogen) atoms. The summed E-state index contributed by atoms with van der Waals surface area (Å²) in [4.78, 5) is 13.4. The Bertz CT molecular complexity index is 467. The van der Waals surface area contributed by atoms with E-state index in [-0.39, 0.29) is 30.9 Å². The SMILES string of the molecule is O=C(COc1ccc(F)cc1F)N1CCCC1CO. The maximum absolute atomic E-state index is 13.3. The number of ether oxygens (including phenoxy) is 1. The predicted molar refractivity (Wildman–Crippen MR) is 63.7 cm³/mol. The molecule has 2 rings (SSSR count). The fourth-order valence-electron chi connectivity index (χ4n) is 2.17. The molecular formula is C13H15F2NO3. The zero-order chi connectivity index (χ0) is 13.8. The Morgan fingerprint density at radius 3 is 2.95 bits per heavy atom. The van der Waals surface area contributed by atoms with Crippen molar-refractivity contribution in [2.24, 2.45) is 0 Å². The number of carbonyl (C=O) groups is 1. The van der Waals surface area contributed by atoms with Crippen LogP contribution < -0.4 is 4.74 Å². The molecule has 1 atom stereocenters. The average molecular weight is 271 g/mol. The molecule has 0 saturated carbocycles. The van der Waals surface area contributed by atoms with Gasteiger partial charge in [-0.3, -0.25) is 4.79 Å². The maximum Gasteiger partial charge on any atom is 0.260 e. The van der Waals surface area contributed by atoms with Crippen LogP contribution in [-0.4, -0.2) is 41.7 Å². The van der Waals surface area contributed by atoms with Crippen LogP contribution >= 0.6 is 0 Å². The summed E-state index contributed by atoms with van der Waals surface area (Å²) in [6.07, 6.45) is 1.59. The van der Waals surface area contributed by atoms with E-state index in [1.165, 1.54) is 4.90 Å². The van der Waals surface area contributed by atoms with Crippen LogP contribution in [0.3, 0.4) is 0 Å². The number of nitrogens with zero attached hydrogens (tertiary/aromatic N) is 1. The van der Waals surface area contributed by atoms with Crippen molar-refractivity contribution in [3.63, 3.8) is 0 Å². The number of amides is 1. The third-order valence-corrected chi connectivity index (χ3v) is 3.15. The summed E-state index contributed by atoms with van der Waals surface area (Å²) in [6, 6.07) is 2.72. The molecule has 1 fully saturated rings. The Morgan fingerprint density at radius 1 is 1.47 bits per heavy atom. The second-order valence-corrected chi connectivity index (χ2v) is 4.43. The zero-order valence-corrected chi connectivity index (χ0v) is 10.3. The van der Waals surface area contributed by atoms with Gasteiger partial charge in [-0.2, -0.15) is 0 Å². The lowest BCUT2D eigenvalue weighted by Gasteiger charge is -2.22. The van der Waals surface area contributed by atoms with Gasteiger partial charge in [-0.15, -0.1) is 0 Å². The summed E-state index contributed by atoms with van der Waals surface area (Å²) in [5.74, 6) is -2.00. The normalized spacial score (nSPS) is 18.7. The Balaban J connectivity index is 1.93. The Labute approximate surface area is 109 Å². The first kappa shape index (κ1) is 13.7. The quantitative estimate of drug-likeness (QED) is 0.898. The van der Waals surface area contributed by atoms with E-state index in [1.54, 1.807) is 0 Å². The van der Waals surface area contributed by atoms with Gasteiger partial charge in [0.2, 0.25) is 0 Å². The topological polar surface area (TPSA) is 49.8 Å². The molecular weight excluding hydrogens is 256 g/mol. The highest BCUT2D eigenvalue weighted by Gasteiger charge is 2.28. The van der Waals surface area contributed by atoms with E-state index in [0.29, 0.717) is 12.6 Å². The second-order valence-electron chi connectivity index (χ2n) is 4.43. The summed E-state index contributed by atoms with van der Waals surface area (Å²) in [7, 11) is 0. The average Bonchev–Trinajstić information content (AvgIpc) is 2.85. The zero-order valence-electron chi connectivity index (χ0n) is 10.3. The van der Waals surface area contributed by atoms with Crippen molar-refractivity contribution in [3.8, 4) is 5.75 Å². The highest BCUT2D eigenvalue weighted by Crippen LogP contribution is 2.19. The summed E-state index contributed by atoms with van der Waals surface area (Å²) < 4.78 is 31.0. The monoisotopic (exact) mass is 271 g/mol. The number of hydrogen-bond acceptors (Lipinski definition) is 3. The van der Waals surface area contributed by atoms with Crippen LogP contribution in [0.4, 0.5) is 8.78 Å². The van der Waals surface area contributed by atoms with Gasteiger partial charge in [-0.05, 0) is 25.0 Å². The van der Waals surface area contributed by atoms with E-state index in [4.69, 9.17) is 9.84 Å². The molecule has 1 saturated heterocycles. The van der Waals surface area contributed by atoms with Crippen LogP contribution in [-0.2, 0) is 4.79 Å². The highest BCUT2D eigenvalue weighted by atomic mass is 19.1. The molecule has 6 heteroatoms. The standard InChI is InChI=1S/C13H15F2NO3/c14-9-3-4-12(11(15)6-9)19-8-13(18)16-5-1-2-10(16)7-17/h3-4,6,10,17H,1-2,5,7-8H2. The Kier molecular flexibility index (Phi) is 4.31. The first-order valence-electron chi connectivity index (χ1n) is 6.10. The molecule has 1 aromatic rings. The third kappa shape index (κ3) is 3.20. The molecule has 104 valence electrons. The fraction of sp³-hybridized carbons (Fsp3) is 0.462. The molecule has 0 aliphatic carbocycles. The lowest BCUT2D eigenvalue weighted by Crippen LogP contribution is -2.40. The van der Waals surface area contributed by atoms with E-state index >= 15 is 0 Å². The first-order chi connectivity index (χ1) is 9.11. The summed E-state index contributed by atoms with van der Waals surface area (Å²) >= 11 is 0. The number of likely N-dealkylation sites (tertiary alicyclic amines) is 1. The van der Waals surface area contributed by atoms with E-state index in [1.807, 2.05) is 0 Å². The van der Waals surface area contributed by atoms with Crippen molar-refractivity contribution in [2.75, 3.05) is 19.8 Å². The van der Waals surface area contributed by atoms with E-state index in [9.17, 15) is 13.6 Å². The number of hydrogen-bond donors (Lipinski definition) is 1. The van der Waals surface area contributed by atoms with Gasteiger partial charge in [0.15, 0.2) is 18.2 Å². The van der Waals surface area contributed by atoms with Crippen molar-refractivity contribution in [2.45, 2.75) is 18.9 Å². The van der Waals surface area contributed by atoms with Crippen LogP contribution in [0.2, 0.25) is 0 Å². The Morgan fingerprint density at radius 2 is 2.26 bits per heavy atom. The van der Waals surface area contributed by atoms with Crippen LogP contribution in [0, 0.1) is 11.6 Å². The van der Waals surface area contributed by atoms with Crippen molar-refractivity contribution in [1.29, 1.82) is 0 Å². The van der Waals surface area contributed by atoms with Crippen molar-refractivity contribution in [3.05, 3.63) is 29.8 Å². The second kappa shape index (κ2) is 5.97. The molecule has 1 heterocycles. The van der Waals surface area contributed by atoms with Crippen LogP contribution in [0.1, 0.15) is 12.8 Å². The lowest BCUT2D eigenvalue weighted by atomic mass is 10.2. The van der Waals surface area contributed by atoms with Gasteiger partial charge >= 0.3 is 0 Å². The summed E-state index contributed by atoms with van der Waals surface area (Å²) in [5, 5.41) is 9.11. The van der Waals surface area contributed by atoms with Crippen molar-refractivity contribution in [1.82, 2.24) is 4.90 Å². The van der Waals surface area contributed by atoms with Gasteiger partial charge < -0.3 is 14.7 Å². The summed E-state index contributed by atoms with van der Waals surface area (Å²) in [6.45, 7) is 0.162. The van der Waals surface area contributed by atoms with Gasteiger partial charge in [0.1, 0.15) is 5.82 Å². The molecule has 1 aromatic carbocycles. The summed E-state index contributed by atoms with van der Waals surface area (Å²) in [5.41, 5.74) is 0. The van der Waals surface area contributed by atoms with E-state index < -0.39 is 11.6 Å². The van der Waals surface area contributed by atoms with Gasteiger partial charge in [0.25, 0.3) is 5.91 Å². The molecule has 4 nitrogen and oxygen atoms in total. The number of aliphatic hydroxyl groups excluding tert-OH is 1. The van der Waals surface area contributed by atoms with Gasteiger partial charge in [-0.25, -0.2) is 8.78 Å². The molecule has 0 aromatic heterocycles. The van der Waals surface area contributed by atoms with Crippen LogP contribution in [0.5, 0.6) is 5.75 Å². The van der Waals surface area contributed by atoms with E-state index in [2.05, 4.69) is 0 Å². The predicted octanol–water partition coefficient (Wildman–Crippen LogP) is 1.33. The number of rotatable bonds is 4. The minimum absolute atomic E-state index is 0.0867. The first-order valence-corrected chi connectivity index (χ1v) is 6.10. The molecule has 1 unspecified atom stereocenters. The van der Waals surface area contributed by atoms with Gasteiger partial charge in [-0.1, -0.05) is 0 Å². The Hall–Kier alpha value is -1.69. The van der Waals surface area contributed by atoms with E-state index in [0.717, 1.165) is 25.0 Å².